The van der Waals surface area contributed by atoms with Gasteiger partial charge in [-0.2, -0.15) is 0 Å². The summed E-state index contributed by atoms with van der Waals surface area (Å²) in [5.41, 5.74) is 8.64. The van der Waals surface area contributed by atoms with Gasteiger partial charge in [0.25, 0.3) is 0 Å². The third-order valence-corrected chi connectivity index (χ3v) is 4.08. The minimum atomic E-state index is 0.408. The van der Waals surface area contributed by atoms with E-state index in [1.165, 1.54) is 0 Å². The SMILES string of the molecule is COc1ccc(CN)cc1OCCOc1cc(C)c(Cl)c(C)c1. The number of aryl methyl sites for hydroxylation is 2. The highest BCUT2D eigenvalue weighted by Gasteiger charge is 2.06. The van der Waals surface area contributed by atoms with Crippen LogP contribution < -0.4 is 19.9 Å². The largest absolute Gasteiger partial charge is 0.493 e. The van der Waals surface area contributed by atoms with Gasteiger partial charge >= 0.3 is 0 Å². The Morgan fingerprint density at radius 2 is 1.61 bits per heavy atom. The lowest BCUT2D eigenvalue weighted by Crippen LogP contribution is -2.10. The first-order valence-corrected chi connectivity index (χ1v) is 7.82. The third kappa shape index (κ3) is 4.53. The van der Waals surface area contributed by atoms with Crippen LogP contribution in [0.25, 0.3) is 0 Å². The normalized spacial score (nSPS) is 10.5. The van der Waals surface area contributed by atoms with Gasteiger partial charge < -0.3 is 19.9 Å². The molecule has 0 bridgehead atoms. The van der Waals surface area contributed by atoms with E-state index in [1.807, 2.05) is 44.2 Å². The van der Waals surface area contributed by atoms with E-state index >= 15 is 0 Å². The van der Waals surface area contributed by atoms with Gasteiger partial charge in [-0.15, -0.1) is 0 Å². The summed E-state index contributed by atoms with van der Waals surface area (Å²) in [5.74, 6) is 2.14. The molecule has 0 unspecified atom stereocenters. The van der Waals surface area contributed by atoms with Gasteiger partial charge in [0.05, 0.1) is 7.11 Å². The monoisotopic (exact) mass is 335 g/mol. The quantitative estimate of drug-likeness (QED) is 0.780. The summed E-state index contributed by atoms with van der Waals surface area (Å²) in [5, 5.41) is 0.775. The number of hydrogen-bond acceptors (Lipinski definition) is 4. The maximum atomic E-state index is 6.15. The van der Waals surface area contributed by atoms with Crippen LogP contribution >= 0.6 is 11.6 Å². The molecule has 0 saturated carbocycles. The van der Waals surface area contributed by atoms with Crippen LogP contribution in [0.3, 0.4) is 0 Å². The molecule has 2 aromatic rings. The summed E-state index contributed by atoms with van der Waals surface area (Å²) in [7, 11) is 1.61. The van der Waals surface area contributed by atoms with Crippen molar-refractivity contribution in [3.8, 4) is 17.2 Å². The highest BCUT2D eigenvalue weighted by atomic mass is 35.5. The molecular formula is C18H22ClNO3. The highest BCUT2D eigenvalue weighted by Crippen LogP contribution is 2.28. The predicted octanol–water partition coefficient (Wildman–Crippen LogP) is 3.88. The standard InChI is InChI=1S/C18H22ClNO3/c1-12-8-15(9-13(2)18(12)19)22-6-7-23-17-10-14(11-20)4-5-16(17)21-3/h4-5,8-10H,6-7,11,20H2,1-3H3. The molecule has 2 rings (SSSR count). The lowest BCUT2D eigenvalue weighted by atomic mass is 10.1. The average molecular weight is 336 g/mol. The van der Waals surface area contributed by atoms with Crippen molar-refractivity contribution in [3.63, 3.8) is 0 Å². The summed E-state index contributed by atoms with van der Waals surface area (Å²) < 4.78 is 16.8. The fourth-order valence-corrected chi connectivity index (χ4v) is 2.37. The lowest BCUT2D eigenvalue weighted by molar-refractivity contribution is 0.211. The van der Waals surface area contributed by atoms with Crippen molar-refractivity contribution in [2.45, 2.75) is 20.4 Å². The topological polar surface area (TPSA) is 53.7 Å². The first-order chi connectivity index (χ1) is 11.0. The molecule has 4 nitrogen and oxygen atoms in total. The second-order valence-electron chi connectivity index (χ2n) is 5.26. The Morgan fingerprint density at radius 3 is 2.22 bits per heavy atom. The highest BCUT2D eigenvalue weighted by molar-refractivity contribution is 6.32. The van der Waals surface area contributed by atoms with E-state index < -0.39 is 0 Å². The Balaban J connectivity index is 1.93. The van der Waals surface area contributed by atoms with E-state index in [4.69, 9.17) is 31.5 Å². The van der Waals surface area contributed by atoms with Gasteiger partial charge in [-0.3, -0.25) is 0 Å². The van der Waals surface area contributed by atoms with Crippen molar-refractivity contribution in [2.75, 3.05) is 20.3 Å². The van der Waals surface area contributed by atoms with Gasteiger partial charge in [-0.25, -0.2) is 0 Å². The molecule has 0 atom stereocenters. The first-order valence-electron chi connectivity index (χ1n) is 7.44. The zero-order chi connectivity index (χ0) is 16.8. The summed E-state index contributed by atoms with van der Waals surface area (Å²) in [6.45, 7) is 5.21. The van der Waals surface area contributed by atoms with Crippen molar-refractivity contribution < 1.29 is 14.2 Å². The van der Waals surface area contributed by atoms with Crippen LogP contribution in [0.4, 0.5) is 0 Å². The second-order valence-corrected chi connectivity index (χ2v) is 5.64. The molecule has 0 spiro atoms. The van der Waals surface area contributed by atoms with Gasteiger partial charge in [0, 0.05) is 11.6 Å². The average Bonchev–Trinajstić information content (AvgIpc) is 2.56. The van der Waals surface area contributed by atoms with Crippen molar-refractivity contribution in [3.05, 3.63) is 52.0 Å². The number of rotatable bonds is 7. The smallest absolute Gasteiger partial charge is 0.161 e. The van der Waals surface area contributed by atoms with Gasteiger partial charge in [-0.05, 0) is 54.8 Å². The van der Waals surface area contributed by atoms with E-state index in [1.54, 1.807) is 7.11 Å². The fourth-order valence-electron chi connectivity index (χ4n) is 2.26. The van der Waals surface area contributed by atoms with E-state index in [2.05, 4.69) is 0 Å². The van der Waals surface area contributed by atoms with Gasteiger partial charge in [-0.1, -0.05) is 17.7 Å². The van der Waals surface area contributed by atoms with Crippen LogP contribution in [-0.2, 0) is 6.54 Å². The molecule has 0 heterocycles. The number of hydrogen-bond donors (Lipinski definition) is 1. The molecule has 0 aromatic heterocycles. The predicted molar refractivity (Wildman–Crippen MR) is 92.8 cm³/mol. The van der Waals surface area contributed by atoms with Crippen LogP contribution in [0.15, 0.2) is 30.3 Å². The molecule has 0 aliphatic carbocycles. The first kappa shape index (κ1) is 17.4. The van der Waals surface area contributed by atoms with E-state index in [0.717, 1.165) is 27.5 Å². The van der Waals surface area contributed by atoms with E-state index in [-0.39, 0.29) is 0 Å². The van der Waals surface area contributed by atoms with E-state index in [9.17, 15) is 0 Å². The molecular weight excluding hydrogens is 314 g/mol. The van der Waals surface area contributed by atoms with E-state index in [0.29, 0.717) is 31.3 Å². The minimum absolute atomic E-state index is 0.408. The summed E-state index contributed by atoms with van der Waals surface area (Å²) >= 11 is 6.15. The van der Waals surface area contributed by atoms with Crippen molar-refractivity contribution in [1.29, 1.82) is 0 Å². The summed E-state index contributed by atoms with van der Waals surface area (Å²) in [6, 6.07) is 9.50. The van der Waals surface area contributed by atoms with Crippen molar-refractivity contribution in [1.82, 2.24) is 0 Å². The molecule has 0 aliphatic rings. The van der Waals surface area contributed by atoms with Crippen LogP contribution in [0.2, 0.25) is 5.02 Å². The van der Waals surface area contributed by atoms with Crippen LogP contribution in [0.5, 0.6) is 17.2 Å². The third-order valence-electron chi connectivity index (χ3n) is 3.48. The maximum Gasteiger partial charge on any atom is 0.161 e. The van der Waals surface area contributed by atoms with Crippen molar-refractivity contribution >= 4 is 11.6 Å². The zero-order valence-corrected chi connectivity index (χ0v) is 14.4. The minimum Gasteiger partial charge on any atom is -0.493 e. The summed E-state index contributed by atoms with van der Waals surface area (Å²) in [6.07, 6.45) is 0. The van der Waals surface area contributed by atoms with Crippen LogP contribution in [0.1, 0.15) is 16.7 Å². The Bertz CT molecular complexity index is 650. The number of nitrogens with two attached hydrogens (primary N) is 1. The summed E-state index contributed by atoms with van der Waals surface area (Å²) in [4.78, 5) is 0. The fraction of sp³-hybridized carbons (Fsp3) is 0.333. The number of halogens is 1. The molecule has 0 saturated heterocycles. The molecule has 0 aliphatic heterocycles. The second kappa shape index (κ2) is 8.09. The number of methoxy groups -OCH3 is 1. The molecule has 0 fully saturated rings. The number of benzene rings is 2. The maximum absolute atomic E-state index is 6.15. The lowest BCUT2D eigenvalue weighted by Gasteiger charge is -2.13. The molecule has 0 radical (unpaired) electrons. The Kier molecular flexibility index (Phi) is 6.13. The number of ether oxygens (including phenoxy) is 3. The molecule has 5 heteroatoms. The van der Waals surface area contributed by atoms with Crippen LogP contribution in [0, 0.1) is 13.8 Å². The van der Waals surface area contributed by atoms with Gasteiger partial charge in [0.1, 0.15) is 19.0 Å². The van der Waals surface area contributed by atoms with Crippen molar-refractivity contribution in [2.24, 2.45) is 5.73 Å². The Morgan fingerprint density at radius 1 is 0.957 bits per heavy atom. The van der Waals surface area contributed by atoms with Crippen LogP contribution in [-0.4, -0.2) is 20.3 Å². The molecule has 23 heavy (non-hydrogen) atoms. The van der Waals surface area contributed by atoms with Gasteiger partial charge in [0.2, 0.25) is 0 Å². The van der Waals surface area contributed by atoms with Gasteiger partial charge in [0.15, 0.2) is 11.5 Å². The molecule has 2 N–H and O–H groups in total. The Labute approximate surface area is 142 Å². The molecule has 124 valence electrons. The molecule has 0 amide bonds. The molecule has 2 aromatic carbocycles. The zero-order valence-electron chi connectivity index (χ0n) is 13.7. The Hall–Kier alpha value is -1.91.